The number of aromatic nitrogens is 6. The number of carbonyl (C=O) groups is 1. The first-order chi connectivity index (χ1) is 12.3. The Morgan fingerprint density at radius 3 is 2.96 bits per heavy atom. The summed E-state index contributed by atoms with van der Waals surface area (Å²) in [6.45, 7) is 1.51. The topological polar surface area (TPSA) is 93.8 Å². The number of hydrogen-bond acceptors (Lipinski definition) is 5. The van der Waals surface area contributed by atoms with Gasteiger partial charge in [-0.05, 0) is 18.9 Å². The fourth-order valence-corrected chi connectivity index (χ4v) is 3.03. The first kappa shape index (κ1) is 15.3. The van der Waals surface area contributed by atoms with Gasteiger partial charge in [0, 0.05) is 37.9 Å². The lowest BCUT2D eigenvalue weighted by molar-refractivity contribution is 0.201. The van der Waals surface area contributed by atoms with Crippen molar-refractivity contribution in [3.63, 3.8) is 0 Å². The molecule has 9 nitrogen and oxygen atoms in total. The molecule has 9 heteroatoms. The molecule has 1 atom stereocenters. The van der Waals surface area contributed by atoms with E-state index in [0.717, 1.165) is 25.9 Å². The maximum atomic E-state index is 12.6. The van der Waals surface area contributed by atoms with Crippen molar-refractivity contribution in [2.75, 3.05) is 11.9 Å². The third-order valence-corrected chi connectivity index (χ3v) is 4.21. The minimum Gasteiger partial charge on any atom is -0.335 e. The first-order valence-electron chi connectivity index (χ1n) is 8.15. The van der Waals surface area contributed by atoms with E-state index in [9.17, 15) is 4.79 Å². The van der Waals surface area contributed by atoms with Crippen LogP contribution >= 0.6 is 0 Å². The molecule has 3 aromatic rings. The quantitative estimate of drug-likeness (QED) is 0.779. The molecule has 1 aliphatic heterocycles. The molecular weight excluding hydrogens is 320 g/mol. The van der Waals surface area contributed by atoms with E-state index in [1.807, 2.05) is 15.7 Å². The van der Waals surface area contributed by atoms with Gasteiger partial charge in [-0.25, -0.2) is 24.4 Å². The van der Waals surface area contributed by atoms with Gasteiger partial charge in [0.2, 0.25) is 5.95 Å². The number of urea groups is 1. The first-order valence-corrected chi connectivity index (χ1v) is 8.15. The predicted molar refractivity (Wildman–Crippen MR) is 90.1 cm³/mol. The van der Waals surface area contributed by atoms with E-state index in [0.29, 0.717) is 11.6 Å². The average Bonchev–Trinajstić information content (AvgIpc) is 3.38. The van der Waals surface area contributed by atoms with Crippen LogP contribution in [0.2, 0.25) is 0 Å². The maximum absolute atomic E-state index is 12.6. The molecule has 3 aromatic heterocycles. The number of anilines is 1. The van der Waals surface area contributed by atoms with Crippen LogP contribution < -0.4 is 5.32 Å². The summed E-state index contributed by atoms with van der Waals surface area (Å²) in [6, 6.07) is 1.79. The summed E-state index contributed by atoms with van der Waals surface area (Å²) in [4.78, 5) is 26.8. The Labute approximate surface area is 144 Å². The van der Waals surface area contributed by atoms with Crippen molar-refractivity contribution in [3.05, 3.63) is 49.6 Å². The summed E-state index contributed by atoms with van der Waals surface area (Å²) in [5, 5.41) is 7.10. The summed E-state index contributed by atoms with van der Waals surface area (Å²) in [5.41, 5.74) is 0.616. The summed E-state index contributed by atoms with van der Waals surface area (Å²) < 4.78 is 3.53. The van der Waals surface area contributed by atoms with Crippen LogP contribution in [0.4, 0.5) is 10.5 Å². The molecule has 1 unspecified atom stereocenters. The van der Waals surface area contributed by atoms with Crippen molar-refractivity contribution in [3.8, 4) is 5.95 Å². The molecule has 0 saturated carbocycles. The molecule has 0 aliphatic carbocycles. The van der Waals surface area contributed by atoms with Crippen LogP contribution in [0.3, 0.4) is 0 Å². The Morgan fingerprint density at radius 1 is 1.28 bits per heavy atom. The van der Waals surface area contributed by atoms with Gasteiger partial charge in [0.05, 0.1) is 30.5 Å². The Morgan fingerprint density at radius 2 is 2.16 bits per heavy atom. The molecule has 1 aliphatic rings. The minimum atomic E-state index is -0.115. The zero-order valence-electron chi connectivity index (χ0n) is 13.6. The third kappa shape index (κ3) is 3.35. The number of imidazole rings is 1. The molecular formula is C16H18N8O. The van der Waals surface area contributed by atoms with Gasteiger partial charge in [-0.15, -0.1) is 0 Å². The number of hydrogen-bond donors (Lipinski definition) is 1. The zero-order valence-corrected chi connectivity index (χ0v) is 13.6. The second-order valence-electron chi connectivity index (χ2n) is 5.90. The smallest absolute Gasteiger partial charge is 0.322 e. The number of carbonyl (C=O) groups excluding carboxylic acids is 1. The Kier molecular flexibility index (Phi) is 4.11. The highest BCUT2D eigenvalue weighted by Gasteiger charge is 2.29. The van der Waals surface area contributed by atoms with Crippen LogP contribution in [0.1, 0.15) is 12.8 Å². The predicted octanol–water partition coefficient (Wildman–Crippen LogP) is 1.56. The molecule has 1 fully saturated rings. The normalized spacial score (nSPS) is 17.0. The second kappa shape index (κ2) is 6.71. The molecule has 0 bridgehead atoms. The molecule has 4 heterocycles. The number of amides is 2. The number of nitrogens with zero attached hydrogens (tertiary/aromatic N) is 7. The van der Waals surface area contributed by atoms with E-state index in [1.165, 1.54) is 4.68 Å². The molecule has 0 spiro atoms. The average molecular weight is 338 g/mol. The molecule has 0 radical (unpaired) electrons. The lowest BCUT2D eigenvalue weighted by Gasteiger charge is -2.24. The van der Waals surface area contributed by atoms with Crippen LogP contribution in [0.25, 0.3) is 5.95 Å². The van der Waals surface area contributed by atoms with Gasteiger partial charge in [0.15, 0.2) is 0 Å². The summed E-state index contributed by atoms with van der Waals surface area (Å²) in [5.74, 6) is 0.460. The summed E-state index contributed by atoms with van der Waals surface area (Å²) in [7, 11) is 0. The fourth-order valence-electron chi connectivity index (χ4n) is 3.03. The van der Waals surface area contributed by atoms with Crippen molar-refractivity contribution in [1.82, 2.24) is 34.2 Å². The lowest BCUT2D eigenvalue weighted by atomic mass is 10.2. The van der Waals surface area contributed by atoms with Crippen molar-refractivity contribution in [1.29, 1.82) is 0 Å². The number of rotatable bonds is 4. The maximum Gasteiger partial charge on any atom is 0.322 e. The fraction of sp³-hybridized carbons (Fsp3) is 0.312. The van der Waals surface area contributed by atoms with E-state index in [1.54, 1.807) is 43.4 Å². The Balaban J connectivity index is 1.42. The molecule has 0 aromatic carbocycles. The van der Waals surface area contributed by atoms with Crippen molar-refractivity contribution in [2.45, 2.75) is 25.4 Å². The number of likely N-dealkylation sites (tertiary alicyclic amines) is 1. The van der Waals surface area contributed by atoms with E-state index in [2.05, 4.69) is 25.4 Å². The lowest BCUT2D eigenvalue weighted by Crippen LogP contribution is -2.40. The van der Waals surface area contributed by atoms with Gasteiger partial charge >= 0.3 is 6.03 Å². The van der Waals surface area contributed by atoms with Crippen LogP contribution in [0.15, 0.2) is 49.6 Å². The van der Waals surface area contributed by atoms with Gasteiger partial charge in [-0.3, -0.25) is 0 Å². The highest BCUT2D eigenvalue weighted by atomic mass is 16.2. The van der Waals surface area contributed by atoms with Gasteiger partial charge in [0.1, 0.15) is 0 Å². The van der Waals surface area contributed by atoms with Gasteiger partial charge in [-0.2, -0.15) is 5.10 Å². The molecule has 128 valence electrons. The van der Waals surface area contributed by atoms with Crippen LogP contribution in [0, 0.1) is 0 Å². The Bertz CT molecular complexity index is 829. The highest BCUT2D eigenvalue weighted by Crippen LogP contribution is 2.20. The van der Waals surface area contributed by atoms with E-state index in [4.69, 9.17) is 0 Å². The van der Waals surface area contributed by atoms with E-state index >= 15 is 0 Å². The largest absolute Gasteiger partial charge is 0.335 e. The summed E-state index contributed by atoms with van der Waals surface area (Å²) >= 11 is 0. The van der Waals surface area contributed by atoms with Crippen LogP contribution in [0.5, 0.6) is 0 Å². The van der Waals surface area contributed by atoms with Crippen LogP contribution in [-0.2, 0) is 6.54 Å². The second-order valence-corrected chi connectivity index (χ2v) is 5.90. The monoisotopic (exact) mass is 338 g/mol. The standard InChI is InChI=1S/C16H18N8O/c25-16(23-7-1-3-14(23)11-22-8-6-17-12-22)21-13-9-20-24(10-13)15-18-4-2-5-19-15/h2,4-6,8-10,12,14H,1,3,7,11H2,(H,21,25). The number of nitrogens with one attached hydrogen (secondary N) is 1. The molecule has 25 heavy (non-hydrogen) atoms. The van der Waals surface area contributed by atoms with E-state index in [-0.39, 0.29) is 12.1 Å². The van der Waals surface area contributed by atoms with Crippen molar-refractivity contribution >= 4 is 11.7 Å². The summed E-state index contributed by atoms with van der Waals surface area (Å²) in [6.07, 6.45) is 14.0. The van der Waals surface area contributed by atoms with Gasteiger partial charge < -0.3 is 14.8 Å². The highest BCUT2D eigenvalue weighted by molar-refractivity contribution is 5.89. The Hall–Kier alpha value is -3.23. The third-order valence-electron chi connectivity index (χ3n) is 4.21. The molecule has 2 amide bonds. The van der Waals surface area contributed by atoms with Crippen molar-refractivity contribution < 1.29 is 4.79 Å². The van der Waals surface area contributed by atoms with Crippen molar-refractivity contribution in [2.24, 2.45) is 0 Å². The van der Waals surface area contributed by atoms with E-state index < -0.39 is 0 Å². The van der Waals surface area contributed by atoms with Crippen LogP contribution in [-0.4, -0.2) is 52.8 Å². The molecule has 4 rings (SSSR count). The van der Waals surface area contributed by atoms with Gasteiger partial charge in [0.25, 0.3) is 0 Å². The van der Waals surface area contributed by atoms with Gasteiger partial charge in [-0.1, -0.05) is 0 Å². The molecule has 1 N–H and O–H groups in total. The SMILES string of the molecule is O=C(Nc1cnn(-c2ncccn2)c1)N1CCCC1Cn1ccnc1. The zero-order chi connectivity index (χ0) is 17.1. The molecule has 1 saturated heterocycles. The minimum absolute atomic E-state index is 0.115.